The fourth-order valence-electron chi connectivity index (χ4n) is 4.15. The number of unbranched alkanes of at least 4 members (excludes halogenated alkanes) is 1. The molecular formula is C26H40N8O2. The molecule has 0 aromatic carbocycles. The van der Waals surface area contributed by atoms with E-state index in [0.717, 1.165) is 50.2 Å². The lowest BCUT2D eigenvalue weighted by Crippen LogP contribution is -2.37. The summed E-state index contributed by atoms with van der Waals surface area (Å²) in [6.07, 6.45) is 7.92. The number of nitrogens with one attached hydrogen (secondary N) is 4. The third-order valence-corrected chi connectivity index (χ3v) is 6.15. The molecule has 0 radical (unpaired) electrons. The van der Waals surface area contributed by atoms with E-state index in [1.165, 1.54) is 19.3 Å². The molecule has 0 saturated carbocycles. The second kappa shape index (κ2) is 14.9. The summed E-state index contributed by atoms with van der Waals surface area (Å²) in [5.41, 5.74) is 7.96. The Bertz CT molecular complexity index is 961. The molecule has 10 nitrogen and oxygen atoms in total. The van der Waals surface area contributed by atoms with E-state index in [9.17, 15) is 9.59 Å². The fourth-order valence-corrected chi connectivity index (χ4v) is 4.15. The van der Waals surface area contributed by atoms with Crippen LogP contribution in [0.25, 0.3) is 0 Å². The molecule has 0 bridgehead atoms. The van der Waals surface area contributed by atoms with Crippen molar-refractivity contribution in [1.29, 1.82) is 0 Å². The molecule has 10 heteroatoms. The first kappa shape index (κ1) is 27.2. The second-order valence-electron chi connectivity index (χ2n) is 9.05. The zero-order chi connectivity index (χ0) is 25.6. The van der Waals surface area contributed by atoms with Crippen LogP contribution in [0.3, 0.4) is 0 Å². The first-order valence-corrected chi connectivity index (χ1v) is 13.0. The van der Waals surface area contributed by atoms with Gasteiger partial charge in [0.05, 0.1) is 5.56 Å². The second-order valence-corrected chi connectivity index (χ2v) is 9.05. The minimum absolute atomic E-state index is 0.0908. The van der Waals surface area contributed by atoms with E-state index in [-0.39, 0.29) is 11.9 Å². The van der Waals surface area contributed by atoms with Crippen LogP contribution in [-0.4, -0.2) is 66.1 Å². The van der Waals surface area contributed by atoms with Gasteiger partial charge in [-0.3, -0.25) is 4.79 Å². The molecule has 3 heterocycles. The standard InChI is InChI=1S/C26H40N8O2/c1-2-28-24-22(25(35)29-14-17-34-15-6-3-7-16-34)11-10-21(33-24)8-4-5-13-30-26(36)32-19-20-9-12-23(27)31-18-20/h9-12,18H,2-8,13-17,19H2,1H3,(H2,27,31)(H,28,33)(H,29,35)(H2,30,32,36). The molecule has 0 spiro atoms. The molecule has 196 valence electrons. The molecule has 1 fully saturated rings. The summed E-state index contributed by atoms with van der Waals surface area (Å²) >= 11 is 0. The minimum atomic E-state index is -0.213. The van der Waals surface area contributed by atoms with Crippen molar-refractivity contribution in [2.24, 2.45) is 0 Å². The van der Waals surface area contributed by atoms with Gasteiger partial charge in [-0.05, 0) is 75.9 Å². The topological polar surface area (TPSA) is 137 Å². The smallest absolute Gasteiger partial charge is 0.315 e. The number of carbonyl (C=O) groups is 2. The molecule has 1 saturated heterocycles. The number of amides is 3. The Labute approximate surface area is 213 Å². The van der Waals surface area contributed by atoms with Gasteiger partial charge in [0.1, 0.15) is 11.6 Å². The minimum Gasteiger partial charge on any atom is -0.384 e. The van der Waals surface area contributed by atoms with E-state index in [1.807, 2.05) is 25.1 Å². The Morgan fingerprint density at radius 1 is 1.00 bits per heavy atom. The maximum absolute atomic E-state index is 12.8. The summed E-state index contributed by atoms with van der Waals surface area (Å²) in [6.45, 7) is 7.43. The highest BCUT2D eigenvalue weighted by molar-refractivity contribution is 5.98. The van der Waals surface area contributed by atoms with Gasteiger partial charge in [-0.2, -0.15) is 0 Å². The van der Waals surface area contributed by atoms with Crippen LogP contribution in [0.1, 0.15) is 60.6 Å². The number of likely N-dealkylation sites (tertiary alicyclic amines) is 1. The number of hydrogen-bond donors (Lipinski definition) is 5. The van der Waals surface area contributed by atoms with Gasteiger partial charge in [-0.15, -0.1) is 0 Å². The molecule has 2 aromatic rings. The van der Waals surface area contributed by atoms with Crippen LogP contribution in [0.15, 0.2) is 30.5 Å². The van der Waals surface area contributed by atoms with Gasteiger partial charge >= 0.3 is 6.03 Å². The number of nitrogen functional groups attached to an aromatic ring is 1. The number of aryl methyl sites for hydroxylation is 1. The largest absolute Gasteiger partial charge is 0.384 e. The predicted molar refractivity (Wildman–Crippen MR) is 143 cm³/mol. The molecule has 3 amide bonds. The van der Waals surface area contributed by atoms with Gasteiger partial charge in [0.15, 0.2) is 0 Å². The van der Waals surface area contributed by atoms with E-state index < -0.39 is 0 Å². The number of urea groups is 1. The monoisotopic (exact) mass is 496 g/mol. The Balaban J connectivity index is 1.36. The van der Waals surface area contributed by atoms with Crippen molar-refractivity contribution in [2.75, 3.05) is 50.3 Å². The van der Waals surface area contributed by atoms with Crippen LogP contribution in [0.2, 0.25) is 0 Å². The fraction of sp³-hybridized carbons (Fsp3) is 0.538. The average Bonchev–Trinajstić information content (AvgIpc) is 2.89. The van der Waals surface area contributed by atoms with Crippen LogP contribution in [-0.2, 0) is 13.0 Å². The Morgan fingerprint density at radius 2 is 1.83 bits per heavy atom. The highest BCUT2D eigenvalue weighted by atomic mass is 16.2. The van der Waals surface area contributed by atoms with Crippen LogP contribution in [0.4, 0.5) is 16.4 Å². The number of pyridine rings is 2. The summed E-state index contributed by atoms with van der Waals surface area (Å²) in [6, 6.07) is 7.10. The summed E-state index contributed by atoms with van der Waals surface area (Å²) in [4.78, 5) is 35.8. The van der Waals surface area contributed by atoms with E-state index in [4.69, 9.17) is 5.73 Å². The average molecular weight is 497 g/mol. The van der Waals surface area contributed by atoms with Gasteiger partial charge in [0.25, 0.3) is 5.91 Å². The lowest BCUT2D eigenvalue weighted by molar-refractivity contribution is 0.0947. The Kier molecular flexibility index (Phi) is 11.2. The van der Waals surface area contributed by atoms with Crippen LogP contribution >= 0.6 is 0 Å². The molecule has 0 unspecified atom stereocenters. The van der Waals surface area contributed by atoms with Crippen LogP contribution in [0, 0.1) is 0 Å². The third-order valence-electron chi connectivity index (χ3n) is 6.15. The Morgan fingerprint density at radius 3 is 2.58 bits per heavy atom. The van der Waals surface area contributed by atoms with E-state index in [2.05, 4.69) is 36.1 Å². The quantitative estimate of drug-likeness (QED) is 0.269. The summed E-state index contributed by atoms with van der Waals surface area (Å²) in [5, 5.41) is 11.9. The van der Waals surface area contributed by atoms with Gasteiger partial charge in [-0.1, -0.05) is 12.5 Å². The van der Waals surface area contributed by atoms with Crippen LogP contribution in [0.5, 0.6) is 0 Å². The van der Waals surface area contributed by atoms with Crippen molar-refractivity contribution in [3.05, 3.63) is 47.3 Å². The van der Waals surface area contributed by atoms with Crippen molar-refractivity contribution in [3.63, 3.8) is 0 Å². The molecule has 1 aliphatic heterocycles. The zero-order valence-electron chi connectivity index (χ0n) is 21.3. The number of rotatable bonds is 13. The van der Waals surface area contributed by atoms with Crippen molar-refractivity contribution < 1.29 is 9.59 Å². The number of carbonyl (C=O) groups excluding carboxylic acids is 2. The number of nitrogens with zero attached hydrogens (tertiary/aromatic N) is 3. The maximum Gasteiger partial charge on any atom is 0.315 e. The highest BCUT2D eigenvalue weighted by Gasteiger charge is 2.15. The van der Waals surface area contributed by atoms with Gasteiger partial charge in [0.2, 0.25) is 0 Å². The molecule has 6 N–H and O–H groups in total. The van der Waals surface area contributed by atoms with Crippen molar-refractivity contribution in [2.45, 2.75) is 52.0 Å². The van der Waals surface area contributed by atoms with Crippen molar-refractivity contribution in [3.8, 4) is 0 Å². The van der Waals surface area contributed by atoms with E-state index in [0.29, 0.717) is 43.4 Å². The van der Waals surface area contributed by atoms with Gasteiger partial charge in [0, 0.05) is 44.6 Å². The van der Waals surface area contributed by atoms with Crippen molar-refractivity contribution >= 4 is 23.6 Å². The SMILES string of the molecule is CCNc1nc(CCCCNC(=O)NCc2ccc(N)nc2)ccc1C(=O)NCCN1CCCCC1. The maximum atomic E-state index is 12.8. The first-order chi connectivity index (χ1) is 17.5. The van der Waals surface area contributed by atoms with E-state index in [1.54, 1.807) is 12.3 Å². The lowest BCUT2D eigenvalue weighted by atomic mass is 10.1. The van der Waals surface area contributed by atoms with Crippen molar-refractivity contribution in [1.82, 2.24) is 30.8 Å². The highest BCUT2D eigenvalue weighted by Crippen LogP contribution is 2.15. The lowest BCUT2D eigenvalue weighted by Gasteiger charge is -2.26. The first-order valence-electron chi connectivity index (χ1n) is 13.0. The molecule has 36 heavy (non-hydrogen) atoms. The molecule has 0 atom stereocenters. The predicted octanol–water partition coefficient (Wildman–Crippen LogP) is 2.53. The molecule has 1 aliphatic rings. The number of hydrogen-bond acceptors (Lipinski definition) is 7. The molecule has 3 rings (SSSR count). The Hall–Kier alpha value is -3.40. The number of nitrogens with two attached hydrogens (primary N) is 1. The van der Waals surface area contributed by atoms with Gasteiger partial charge in [-0.25, -0.2) is 14.8 Å². The number of anilines is 2. The summed E-state index contributed by atoms with van der Waals surface area (Å²) in [7, 11) is 0. The van der Waals surface area contributed by atoms with Crippen LogP contribution < -0.4 is 27.0 Å². The number of piperidine rings is 1. The third kappa shape index (κ3) is 9.33. The zero-order valence-corrected chi connectivity index (χ0v) is 21.3. The summed E-state index contributed by atoms with van der Waals surface area (Å²) in [5.74, 6) is 0.989. The molecular weight excluding hydrogens is 456 g/mol. The number of aromatic nitrogens is 2. The normalized spacial score (nSPS) is 13.7. The van der Waals surface area contributed by atoms with Gasteiger partial charge < -0.3 is 31.9 Å². The van der Waals surface area contributed by atoms with E-state index >= 15 is 0 Å². The summed E-state index contributed by atoms with van der Waals surface area (Å²) < 4.78 is 0. The molecule has 0 aliphatic carbocycles. The molecule has 2 aromatic heterocycles.